The Bertz CT molecular complexity index is 1080. The zero-order valence-electron chi connectivity index (χ0n) is 15.8. The summed E-state index contributed by atoms with van der Waals surface area (Å²) >= 11 is 0. The normalized spacial score (nSPS) is 15.4. The summed E-state index contributed by atoms with van der Waals surface area (Å²) in [4.78, 5) is 35.1. The number of nitrogens with one attached hydrogen (secondary N) is 1. The lowest BCUT2D eigenvalue weighted by atomic mass is 9.89. The van der Waals surface area contributed by atoms with Crippen LogP contribution in [0.4, 0.5) is 14.6 Å². The van der Waals surface area contributed by atoms with E-state index in [2.05, 4.69) is 19.9 Å². The maximum absolute atomic E-state index is 12.6. The highest BCUT2D eigenvalue weighted by Crippen LogP contribution is 2.27. The van der Waals surface area contributed by atoms with Crippen LogP contribution in [-0.2, 0) is 4.79 Å². The first-order valence-corrected chi connectivity index (χ1v) is 9.01. The first-order valence-electron chi connectivity index (χ1n) is 9.01. The molecule has 0 radical (unpaired) electrons. The number of aromatic nitrogens is 3. The minimum absolute atomic E-state index is 0.300. The summed E-state index contributed by atoms with van der Waals surface area (Å²) in [5.41, 5.74) is 10.0. The van der Waals surface area contributed by atoms with Crippen molar-refractivity contribution in [2.24, 2.45) is 11.5 Å². The minimum atomic E-state index is -1.11. The average Bonchev–Trinajstić information content (AvgIpc) is 3.17. The standard InChI is InChI=1S/C12H15N5O2.C7H5F2NO/c13-12(11(18)19)2-5-17(6-3-12)10-8-1-4-14-9(8)15-7-16-10;8-4-1-2-5(7(10)11)6(9)3-4/h1,4,7H,2-3,5-6,13H2,(H,18,19)(H,14,15,16);1-3H,(H2,10,11). The predicted molar refractivity (Wildman–Crippen MR) is 105 cm³/mol. The van der Waals surface area contributed by atoms with Crippen LogP contribution in [0.3, 0.4) is 0 Å². The van der Waals surface area contributed by atoms with E-state index in [1.54, 1.807) is 0 Å². The van der Waals surface area contributed by atoms with Crippen molar-refractivity contribution in [3.63, 3.8) is 0 Å². The number of carboxylic acid groups (broad SMARTS) is 1. The molecule has 30 heavy (non-hydrogen) atoms. The van der Waals surface area contributed by atoms with Gasteiger partial charge in [-0.05, 0) is 31.0 Å². The number of aliphatic carboxylic acids is 1. The number of nitrogens with two attached hydrogens (primary N) is 2. The molecule has 4 rings (SSSR count). The number of carbonyl (C=O) groups excluding carboxylic acids is 1. The van der Waals surface area contributed by atoms with Crippen LogP contribution >= 0.6 is 0 Å². The molecule has 6 N–H and O–H groups in total. The van der Waals surface area contributed by atoms with Gasteiger partial charge >= 0.3 is 5.97 Å². The molecular weight excluding hydrogens is 398 g/mol. The van der Waals surface area contributed by atoms with E-state index in [9.17, 15) is 18.4 Å². The number of halogens is 2. The molecule has 158 valence electrons. The number of primary amides is 1. The molecule has 9 nitrogen and oxygen atoms in total. The number of amides is 1. The molecule has 1 aromatic carbocycles. The van der Waals surface area contributed by atoms with Gasteiger partial charge in [-0.2, -0.15) is 0 Å². The maximum Gasteiger partial charge on any atom is 0.323 e. The third-order valence-electron chi connectivity index (χ3n) is 4.91. The van der Waals surface area contributed by atoms with Gasteiger partial charge in [0.25, 0.3) is 5.91 Å². The third-order valence-corrected chi connectivity index (χ3v) is 4.91. The van der Waals surface area contributed by atoms with Gasteiger partial charge in [0.2, 0.25) is 0 Å². The number of hydrogen-bond acceptors (Lipinski definition) is 6. The molecule has 0 bridgehead atoms. The molecule has 0 spiro atoms. The van der Waals surface area contributed by atoms with Crippen molar-refractivity contribution in [1.29, 1.82) is 0 Å². The van der Waals surface area contributed by atoms with Crippen LogP contribution in [0.5, 0.6) is 0 Å². The molecule has 0 atom stereocenters. The second-order valence-electron chi connectivity index (χ2n) is 6.87. The number of piperidine rings is 1. The Morgan fingerprint density at radius 1 is 1.17 bits per heavy atom. The minimum Gasteiger partial charge on any atom is -0.480 e. The zero-order valence-corrected chi connectivity index (χ0v) is 15.8. The number of hydrogen-bond donors (Lipinski definition) is 4. The second-order valence-corrected chi connectivity index (χ2v) is 6.87. The number of fused-ring (bicyclic) bond motifs is 1. The SMILES string of the molecule is NC(=O)c1ccc(F)cc1F.NC1(C(=O)O)CCN(c2ncnc3[nH]ccc23)CC1. The lowest BCUT2D eigenvalue weighted by Gasteiger charge is -2.36. The average molecular weight is 418 g/mol. The molecule has 1 aliphatic heterocycles. The molecule has 1 saturated heterocycles. The smallest absolute Gasteiger partial charge is 0.323 e. The Kier molecular flexibility index (Phi) is 5.92. The van der Waals surface area contributed by atoms with E-state index >= 15 is 0 Å². The molecule has 0 aliphatic carbocycles. The highest BCUT2D eigenvalue weighted by Gasteiger charge is 2.38. The summed E-state index contributed by atoms with van der Waals surface area (Å²) in [6, 6.07) is 4.52. The molecule has 0 unspecified atom stereocenters. The number of H-pyrrole nitrogens is 1. The van der Waals surface area contributed by atoms with E-state index in [0.717, 1.165) is 29.0 Å². The van der Waals surface area contributed by atoms with E-state index in [1.165, 1.54) is 6.33 Å². The monoisotopic (exact) mass is 418 g/mol. The fourth-order valence-corrected chi connectivity index (χ4v) is 3.13. The number of carboxylic acids is 1. The van der Waals surface area contributed by atoms with Crippen molar-refractivity contribution in [3.05, 3.63) is 54.0 Å². The highest BCUT2D eigenvalue weighted by molar-refractivity contribution is 5.93. The Balaban J connectivity index is 0.000000199. The first-order chi connectivity index (χ1) is 14.2. The predicted octanol–water partition coefficient (Wildman–Crippen LogP) is 1.40. The second kappa shape index (κ2) is 8.41. The van der Waals surface area contributed by atoms with Gasteiger partial charge in [-0.15, -0.1) is 0 Å². The van der Waals surface area contributed by atoms with Crippen LogP contribution in [0.25, 0.3) is 11.0 Å². The molecule has 1 aliphatic rings. The molecule has 3 heterocycles. The van der Waals surface area contributed by atoms with Gasteiger partial charge in [0.1, 0.15) is 35.0 Å². The summed E-state index contributed by atoms with van der Waals surface area (Å²) in [5.74, 6) is -2.66. The van der Waals surface area contributed by atoms with Crippen molar-refractivity contribution >= 4 is 28.7 Å². The van der Waals surface area contributed by atoms with Gasteiger partial charge in [-0.3, -0.25) is 9.59 Å². The van der Waals surface area contributed by atoms with Crippen LogP contribution in [0, 0.1) is 11.6 Å². The van der Waals surface area contributed by atoms with Gasteiger partial charge in [0.05, 0.1) is 10.9 Å². The maximum atomic E-state index is 12.6. The lowest BCUT2D eigenvalue weighted by molar-refractivity contribution is -0.144. The summed E-state index contributed by atoms with van der Waals surface area (Å²) in [7, 11) is 0. The van der Waals surface area contributed by atoms with Gasteiger partial charge in [-0.25, -0.2) is 18.7 Å². The van der Waals surface area contributed by atoms with Crippen molar-refractivity contribution in [3.8, 4) is 0 Å². The molecule has 3 aromatic rings. The molecular formula is C19H20F2N6O3. The van der Waals surface area contributed by atoms with Gasteiger partial charge in [0, 0.05) is 25.4 Å². The highest BCUT2D eigenvalue weighted by atomic mass is 19.1. The Labute approximate surface area is 169 Å². The van der Waals surface area contributed by atoms with Gasteiger partial charge < -0.3 is 26.5 Å². The number of rotatable bonds is 3. The van der Waals surface area contributed by atoms with E-state index in [1.807, 2.05) is 12.3 Å². The number of nitrogens with zero attached hydrogens (tertiary/aromatic N) is 3. The zero-order chi connectivity index (χ0) is 21.9. The largest absolute Gasteiger partial charge is 0.480 e. The summed E-state index contributed by atoms with van der Waals surface area (Å²) in [5, 5.41) is 10.1. The van der Waals surface area contributed by atoms with E-state index in [0.29, 0.717) is 32.0 Å². The fourth-order valence-electron chi connectivity index (χ4n) is 3.13. The van der Waals surface area contributed by atoms with Crippen molar-refractivity contribution in [2.75, 3.05) is 18.0 Å². The molecule has 1 fully saturated rings. The summed E-state index contributed by atoms with van der Waals surface area (Å²) < 4.78 is 24.8. The van der Waals surface area contributed by atoms with Gasteiger partial charge in [-0.1, -0.05) is 0 Å². The van der Waals surface area contributed by atoms with Crippen LogP contribution in [-0.4, -0.2) is 50.6 Å². The van der Waals surface area contributed by atoms with Crippen LogP contribution < -0.4 is 16.4 Å². The lowest BCUT2D eigenvalue weighted by Crippen LogP contribution is -2.55. The van der Waals surface area contributed by atoms with E-state index in [4.69, 9.17) is 16.6 Å². The van der Waals surface area contributed by atoms with Crippen molar-refractivity contribution in [2.45, 2.75) is 18.4 Å². The fraction of sp³-hybridized carbons (Fsp3) is 0.263. The Morgan fingerprint density at radius 2 is 1.87 bits per heavy atom. The van der Waals surface area contributed by atoms with Crippen molar-refractivity contribution in [1.82, 2.24) is 15.0 Å². The first kappa shape index (κ1) is 21.1. The Hall–Kier alpha value is -3.60. The quantitative estimate of drug-likeness (QED) is 0.502. The number of anilines is 1. The summed E-state index contributed by atoms with van der Waals surface area (Å²) in [6.45, 7) is 1.17. The number of benzene rings is 1. The van der Waals surface area contributed by atoms with E-state index in [-0.39, 0.29) is 5.56 Å². The van der Waals surface area contributed by atoms with Gasteiger partial charge in [0.15, 0.2) is 0 Å². The third kappa shape index (κ3) is 4.35. The number of carbonyl (C=O) groups is 2. The van der Waals surface area contributed by atoms with Crippen LogP contribution in [0.15, 0.2) is 36.8 Å². The Morgan fingerprint density at radius 3 is 2.47 bits per heavy atom. The van der Waals surface area contributed by atoms with Crippen LogP contribution in [0.1, 0.15) is 23.2 Å². The molecule has 2 aromatic heterocycles. The molecule has 1 amide bonds. The topological polar surface area (TPSA) is 151 Å². The summed E-state index contributed by atoms with van der Waals surface area (Å²) in [6.07, 6.45) is 4.16. The van der Waals surface area contributed by atoms with Crippen molar-refractivity contribution < 1.29 is 23.5 Å². The molecule has 11 heteroatoms. The van der Waals surface area contributed by atoms with Crippen LogP contribution in [0.2, 0.25) is 0 Å². The van der Waals surface area contributed by atoms with E-state index < -0.39 is 29.0 Å². The number of aromatic amines is 1. The molecule has 0 saturated carbocycles.